The van der Waals surface area contributed by atoms with Crippen LogP contribution in [0.1, 0.15) is 11.6 Å². The Bertz CT molecular complexity index is 358. The molecule has 1 aliphatic rings. The van der Waals surface area contributed by atoms with Crippen LogP contribution in [0.2, 0.25) is 0 Å². The van der Waals surface area contributed by atoms with Crippen molar-refractivity contribution in [3.05, 3.63) is 29.8 Å². The highest BCUT2D eigenvalue weighted by molar-refractivity contribution is 5.28. The van der Waals surface area contributed by atoms with Gasteiger partial charge < -0.3 is 20.3 Å². The van der Waals surface area contributed by atoms with Gasteiger partial charge in [-0.15, -0.1) is 0 Å². The van der Waals surface area contributed by atoms with Crippen molar-refractivity contribution in [3.8, 4) is 5.75 Å². The molecule has 1 aromatic carbocycles. The highest BCUT2D eigenvalue weighted by atomic mass is 16.5. The second-order valence-corrected chi connectivity index (χ2v) is 5.23. The van der Waals surface area contributed by atoms with E-state index in [0.717, 1.165) is 12.3 Å². The lowest BCUT2D eigenvalue weighted by atomic mass is 10.0. The second kappa shape index (κ2) is 6.18. The third-order valence-corrected chi connectivity index (χ3v) is 4.05. The zero-order chi connectivity index (χ0) is 13.0. The van der Waals surface area contributed by atoms with Gasteiger partial charge in [-0.25, -0.2) is 0 Å². The Morgan fingerprint density at radius 2 is 1.78 bits per heavy atom. The van der Waals surface area contributed by atoms with Gasteiger partial charge in [0, 0.05) is 5.56 Å². The molecule has 1 aromatic rings. The molecule has 5 N–H and O–H groups in total. The van der Waals surface area contributed by atoms with Crippen molar-refractivity contribution >= 4 is 0 Å². The Morgan fingerprint density at radius 1 is 1.17 bits per heavy atom. The molecule has 1 aliphatic heterocycles. The summed E-state index contributed by atoms with van der Waals surface area (Å²) in [6.45, 7) is 5.99. The van der Waals surface area contributed by atoms with Crippen molar-refractivity contribution in [2.45, 2.75) is 6.04 Å². The number of likely N-dealkylation sites (N-methyl/N-ethyl adjacent to an activating group) is 1. The summed E-state index contributed by atoms with van der Waals surface area (Å²) >= 11 is 0. The van der Waals surface area contributed by atoms with Gasteiger partial charge >= 0.3 is 0 Å². The van der Waals surface area contributed by atoms with Crippen LogP contribution in [0.15, 0.2) is 24.3 Å². The van der Waals surface area contributed by atoms with E-state index in [1.54, 1.807) is 16.9 Å². The molecule has 4 nitrogen and oxygen atoms in total. The van der Waals surface area contributed by atoms with Gasteiger partial charge in [0.05, 0.1) is 14.2 Å². The van der Waals surface area contributed by atoms with Gasteiger partial charge in [0.1, 0.15) is 38.5 Å². The highest BCUT2D eigenvalue weighted by Crippen LogP contribution is 2.15. The molecule has 1 atom stereocenters. The van der Waals surface area contributed by atoms with Crippen LogP contribution in [0.5, 0.6) is 5.75 Å². The monoisotopic (exact) mass is 252 g/mol. The molecule has 18 heavy (non-hydrogen) atoms. The number of methoxy groups -OCH3 is 1. The van der Waals surface area contributed by atoms with Crippen LogP contribution in [0.3, 0.4) is 0 Å². The maximum atomic E-state index is 5.22. The average molecular weight is 252 g/mol. The van der Waals surface area contributed by atoms with E-state index in [2.05, 4.69) is 37.0 Å². The van der Waals surface area contributed by atoms with Gasteiger partial charge in [-0.2, -0.15) is 0 Å². The molecule has 0 aromatic heterocycles. The zero-order valence-corrected chi connectivity index (χ0v) is 11.5. The molecule has 100 valence electrons. The summed E-state index contributed by atoms with van der Waals surface area (Å²) in [7, 11) is 3.99. The van der Waals surface area contributed by atoms with Crippen LogP contribution in [-0.4, -0.2) is 46.9 Å². The number of ether oxygens (including phenoxy) is 1. The first-order valence-corrected chi connectivity index (χ1v) is 6.83. The lowest BCUT2D eigenvalue weighted by Crippen LogP contribution is -3.27. The molecule has 0 saturated carbocycles. The first-order valence-electron chi connectivity index (χ1n) is 6.83. The predicted molar refractivity (Wildman–Crippen MR) is 70.8 cm³/mol. The lowest BCUT2D eigenvalue weighted by Gasteiger charge is -2.32. The normalized spacial score (nSPS) is 25.7. The van der Waals surface area contributed by atoms with Crippen molar-refractivity contribution in [1.82, 2.24) is 0 Å². The van der Waals surface area contributed by atoms with E-state index in [4.69, 9.17) is 4.74 Å². The van der Waals surface area contributed by atoms with Crippen LogP contribution in [0.4, 0.5) is 0 Å². The quantitative estimate of drug-likeness (QED) is 0.540. The van der Waals surface area contributed by atoms with Gasteiger partial charge in [-0.05, 0) is 24.3 Å². The average Bonchev–Trinajstić information content (AvgIpc) is 2.42. The van der Waals surface area contributed by atoms with E-state index < -0.39 is 0 Å². The molecule has 0 bridgehead atoms. The summed E-state index contributed by atoms with van der Waals surface area (Å²) in [4.78, 5) is 3.33. The minimum absolute atomic E-state index is 0.531. The summed E-state index contributed by atoms with van der Waals surface area (Å²) in [5, 5.41) is 0. The fourth-order valence-electron chi connectivity index (χ4n) is 2.79. The van der Waals surface area contributed by atoms with Crippen LogP contribution in [0, 0.1) is 0 Å². The Balaban J connectivity index is 2.07. The van der Waals surface area contributed by atoms with Crippen LogP contribution < -0.4 is 20.3 Å². The molecule has 2 rings (SSSR count). The molecule has 0 radical (unpaired) electrons. The second-order valence-electron chi connectivity index (χ2n) is 5.23. The molecule has 4 heteroatoms. The Labute approximate surface area is 109 Å². The third kappa shape index (κ3) is 3.02. The van der Waals surface area contributed by atoms with Crippen LogP contribution in [-0.2, 0) is 0 Å². The number of benzene rings is 1. The van der Waals surface area contributed by atoms with Crippen LogP contribution >= 0.6 is 0 Å². The van der Waals surface area contributed by atoms with Crippen molar-refractivity contribution in [2.75, 3.05) is 46.9 Å². The zero-order valence-electron chi connectivity index (χ0n) is 11.5. The minimum atomic E-state index is 0.531. The van der Waals surface area contributed by atoms with Gasteiger partial charge in [0.25, 0.3) is 0 Å². The minimum Gasteiger partial charge on any atom is -0.497 e. The Morgan fingerprint density at radius 3 is 2.28 bits per heavy atom. The van der Waals surface area contributed by atoms with Gasteiger partial charge in [-0.3, -0.25) is 0 Å². The summed E-state index contributed by atoms with van der Waals surface area (Å²) in [5.41, 5.74) is 5.53. The number of rotatable bonds is 4. The maximum Gasteiger partial charge on any atom is 0.163 e. The van der Waals surface area contributed by atoms with E-state index in [-0.39, 0.29) is 0 Å². The number of hydrogen-bond acceptors (Lipinski definition) is 1. The van der Waals surface area contributed by atoms with E-state index in [1.165, 1.54) is 31.7 Å². The number of hydrogen-bond donors (Lipinski definition) is 3. The topological polar surface area (TPSA) is 45.8 Å². The third-order valence-electron chi connectivity index (χ3n) is 4.05. The molecule has 0 unspecified atom stereocenters. The Hall–Kier alpha value is -1.10. The van der Waals surface area contributed by atoms with Crippen molar-refractivity contribution in [3.63, 3.8) is 0 Å². The highest BCUT2D eigenvalue weighted by Gasteiger charge is 2.29. The van der Waals surface area contributed by atoms with Crippen LogP contribution in [0.25, 0.3) is 0 Å². The number of piperazine rings is 1. The van der Waals surface area contributed by atoms with Gasteiger partial charge in [0.2, 0.25) is 0 Å². The number of nitrogens with one attached hydrogen (secondary N) is 2. The molecular weight excluding hydrogens is 226 g/mol. The smallest absolute Gasteiger partial charge is 0.163 e. The summed E-state index contributed by atoms with van der Waals surface area (Å²) in [6.07, 6.45) is 0. The molecule has 0 amide bonds. The van der Waals surface area contributed by atoms with Gasteiger partial charge in [0.15, 0.2) is 6.04 Å². The van der Waals surface area contributed by atoms with Crippen molar-refractivity contribution < 1.29 is 20.3 Å². The Kier molecular flexibility index (Phi) is 4.58. The van der Waals surface area contributed by atoms with Gasteiger partial charge in [-0.1, -0.05) is 0 Å². The fourth-order valence-corrected chi connectivity index (χ4v) is 2.79. The molecule has 0 spiro atoms. The lowest BCUT2D eigenvalue weighted by molar-refractivity contribution is -1.02. The fraction of sp³-hybridized carbons (Fsp3) is 0.571. The molecule has 1 saturated heterocycles. The molecule has 1 heterocycles. The molecular formula is C14H26N3O+3. The predicted octanol–water partition coefficient (Wildman–Crippen LogP) is -2.61. The van der Waals surface area contributed by atoms with E-state index in [0.29, 0.717) is 6.04 Å². The SMILES string of the molecule is COc1ccc([C@H](C[NH3+])[NH+]2CC[NH+](C)CC2)cc1. The molecule has 0 aliphatic carbocycles. The van der Waals surface area contributed by atoms with E-state index in [1.807, 2.05) is 0 Å². The largest absolute Gasteiger partial charge is 0.497 e. The first kappa shape index (κ1) is 13.3. The summed E-state index contributed by atoms with van der Waals surface area (Å²) in [5.74, 6) is 0.930. The standard InChI is InChI=1S/C14H23N3O/c1-16-7-9-17(10-8-16)14(11-15)12-3-5-13(18-2)6-4-12/h3-6,14H,7-11,15H2,1-2H3/p+3/t14-/m0/s1. The van der Waals surface area contributed by atoms with E-state index >= 15 is 0 Å². The number of quaternary nitrogens is 3. The maximum absolute atomic E-state index is 5.22. The molecule has 1 fully saturated rings. The first-order chi connectivity index (χ1) is 8.74. The van der Waals surface area contributed by atoms with Crippen molar-refractivity contribution in [2.24, 2.45) is 0 Å². The van der Waals surface area contributed by atoms with E-state index in [9.17, 15) is 0 Å². The summed E-state index contributed by atoms with van der Waals surface area (Å²) < 4.78 is 5.22. The summed E-state index contributed by atoms with van der Waals surface area (Å²) in [6, 6.07) is 9.01. The van der Waals surface area contributed by atoms with Crippen molar-refractivity contribution in [1.29, 1.82) is 0 Å².